The lowest BCUT2D eigenvalue weighted by atomic mass is 9.67. The first-order valence-corrected chi connectivity index (χ1v) is 9.87. The van der Waals surface area contributed by atoms with Crippen LogP contribution in [0.25, 0.3) is 0 Å². The zero-order valence-electron chi connectivity index (χ0n) is 16.2. The number of nitrogens with one attached hydrogen (secondary N) is 2. The quantitative estimate of drug-likeness (QED) is 0.494. The van der Waals surface area contributed by atoms with Gasteiger partial charge in [-0.25, -0.2) is 4.99 Å². The van der Waals surface area contributed by atoms with Crippen molar-refractivity contribution in [1.82, 2.24) is 10.6 Å². The second-order valence-electron chi connectivity index (χ2n) is 7.36. The van der Waals surface area contributed by atoms with Gasteiger partial charge in [-0.15, -0.1) is 0 Å². The molecule has 2 N–H and O–H groups in total. The van der Waals surface area contributed by atoms with Crippen molar-refractivity contribution in [1.29, 1.82) is 0 Å². The van der Waals surface area contributed by atoms with Crippen molar-refractivity contribution in [2.24, 2.45) is 10.4 Å². The molecule has 2 aromatic rings. The van der Waals surface area contributed by atoms with Gasteiger partial charge in [-0.3, -0.25) is 0 Å². The highest BCUT2D eigenvalue weighted by molar-refractivity contribution is 5.79. The standard InChI is InChI=1S/C22H31N3O2/c1-26-16-13-22(11-6-12-22)18-25-21(23-14-10-20-9-5-15-27-20)24-17-19-7-3-2-4-8-19/h2-5,7-9,15H,6,10-14,16-18H2,1H3,(H2,23,24,25). The maximum absolute atomic E-state index is 5.42. The molecule has 1 aliphatic carbocycles. The van der Waals surface area contributed by atoms with Crippen molar-refractivity contribution in [2.75, 3.05) is 26.8 Å². The molecule has 1 fully saturated rings. The van der Waals surface area contributed by atoms with E-state index in [4.69, 9.17) is 14.1 Å². The molecule has 1 aliphatic rings. The third-order valence-corrected chi connectivity index (χ3v) is 5.39. The van der Waals surface area contributed by atoms with Gasteiger partial charge in [0.25, 0.3) is 0 Å². The van der Waals surface area contributed by atoms with Crippen molar-refractivity contribution in [3.63, 3.8) is 0 Å². The predicted molar refractivity (Wildman–Crippen MR) is 109 cm³/mol. The first-order chi connectivity index (χ1) is 13.3. The van der Waals surface area contributed by atoms with Crippen LogP contribution in [0.5, 0.6) is 0 Å². The van der Waals surface area contributed by atoms with Crippen LogP contribution in [0.2, 0.25) is 0 Å². The predicted octanol–water partition coefficient (Wildman–Crippen LogP) is 3.76. The Morgan fingerprint density at radius 3 is 2.67 bits per heavy atom. The number of hydrogen-bond donors (Lipinski definition) is 2. The zero-order valence-corrected chi connectivity index (χ0v) is 16.2. The van der Waals surface area contributed by atoms with Gasteiger partial charge in [0.05, 0.1) is 12.8 Å². The summed E-state index contributed by atoms with van der Waals surface area (Å²) in [6.07, 6.45) is 7.51. The molecule has 0 saturated heterocycles. The first kappa shape index (κ1) is 19.5. The number of furan rings is 1. The van der Waals surface area contributed by atoms with Crippen molar-refractivity contribution in [2.45, 2.75) is 38.6 Å². The molecule has 3 rings (SSSR count). The number of aliphatic imine (C=N–C) groups is 1. The lowest BCUT2D eigenvalue weighted by Crippen LogP contribution is -2.47. The molecular formula is C22H31N3O2. The normalized spacial score (nSPS) is 16.0. The highest BCUT2D eigenvalue weighted by Gasteiger charge is 2.36. The number of nitrogens with zero attached hydrogens (tertiary/aromatic N) is 1. The minimum atomic E-state index is 0.353. The average Bonchev–Trinajstić information content (AvgIpc) is 3.18. The highest BCUT2D eigenvalue weighted by Crippen LogP contribution is 2.43. The maximum atomic E-state index is 5.42. The van der Waals surface area contributed by atoms with Crippen LogP contribution in [0.3, 0.4) is 0 Å². The van der Waals surface area contributed by atoms with Crippen LogP contribution in [0, 0.1) is 5.41 Å². The van der Waals surface area contributed by atoms with E-state index in [1.165, 1.54) is 24.8 Å². The van der Waals surface area contributed by atoms with Crippen molar-refractivity contribution in [3.05, 3.63) is 60.1 Å². The minimum Gasteiger partial charge on any atom is -0.469 e. The Morgan fingerprint density at radius 2 is 2.00 bits per heavy atom. The number of hydrogen-bond acceptors (Lipinski definition) is 3. The molecular weight excluding hydrogens is 338 g/mol. The lowest BCUT2D eigenvalue weighted by molar-refractivity contribution is 0.0732. The van der Waals surface area contributed by atoms with Gasteiger partial charge in [-0.2, -0.15) is 0 Å². The van der Waals surface area contributed by atoms with Gasteiger partial charge in [-0.1, -0.05) is 36.8 Å². The second-order valence-corrected chi connectivity index (χ2v) is 7.36. The summed E-state index contributed by atoms with van der Waals surface area (Å²) >= 11 is 0. The summed E-state index contributed by atoms with van der Waals surface area (Å²) in [5.41, 5.74) is 1.56. The first-order valence-electron chi connectivity index (χ1n) is 9.87. The number of rotatable bonds is 10. The summed E-state index contributed by atoms with van der Waals surface area (Å²) in [4.78, 5) is 4.79. The van der Waals surface area contributed by atoms with E-state index in [0.29, 0.717) is 12.0 Å². The summed E-state index contributed by atoms with van der Waals surface area (Å²) in [6.45, 7) is 3.23. The van der Waals surface area contributed by atoms with Crippen LogP contribution >= 0.6 is 0 Å². The summed E-state index contributed by atoms with van der Waals surface area (Å²) in [6, 6.07) is 14.3. The smallest absolute Gasteiger partial charge is 0.191 e. The Bertz CT molecular complexity index is 679. The van der Waals surface area contributed by atoms with Gasteiger partial charge in [0, 0.05) is 33.2 Å². The van der Waals surface area contributed by atoms with E-state index >= 15 is 0 Å². The Hall–Kier alpha value is -2.27. The average molecular weight is 370 g/mol. The molecule has 0 bridgehead atoms. The molecule has 0 radical (unpaired) electrons. The largest absolute Gasteiger partial charge is 0.469 e. The Morgan fingerprint density at radius 1 is 1.15 bits per heavy atom. The molecule has 0 spiro atoms. The highest BCUT2D eigenvalue weighted by atomic mass is 16.5. The van der Waals surface area contributed by atoms with E-state index in [2.05, 4.69) is 34.9 Å². The van der Waals surface area contributed by atoms with E-state index in [1.807, 2.05) is 18.2 Å². The molecule has 1 saturated carbocycles. The van der Waals surface area contributed by atoms with Crippen molar-refractivity contribution < 1.29 is 9.15 Å². The number of guanidine groups is 1. The molecule has 27 heavy (non-hydrogen) atoms. The van der Waals surface area contributed by atoms with Crippen LogP contribution in [0.15, 0.2) is 58.1 Å². The van der Waals surface area contributed by atoms with Crippen molar-refractivity contribution >= 4 is 5.96 Å². The summed E-state index contributed by atoms with van der Waals surface area (Å²) in [5.74, 6) is 1.86. The van der Waals surface area contributed by atoms with Crippen LogP contribution in [-0.4, -0.2) is 32.8 Å². The third kappa shape index (κ3) is 6.14. The SMILES string of the molecule is COCCC1(CNC(=NCc2ccccc2)NCCc2ccco2)CCC1. The van der Waals surface area contributed by atoms with Crippen LogP contribution in [-0.2, 0) is 17.7 Å². The molecule has 0 amide bonds. The molecule has 146 valence electrons. The van der Waals surface area contributed by atoms with Crippen LogP contribution < -0.4 is 10.6 Å². The molecule has 1 heterocycles. The Balaban J connectivity index is 1.56. The number of methoxy groups -OCH3 is 1. The Labute approximate surface area is 162 Å². The van der Waals surface area contributed by atoms with E-state index in [9.17, 15) is 0 Å². The van der Waals surface area contributed by atoms with Gasteiger partial charge < -0.3 is 19.8 Å². The summed E-state index contributed by atoms with van der Waals surface area (Å²) < 4.78 is 10.7. The van der Waals surface area contributed by atoms with Gasteiger partial charge in [-0.05, 0) is 42.4 Å². The molecule has 5 heteroatoms. The zero-order chi connectivity index (χ0) is 18.8. The monoisotopic (exact) mass is 369 g/mol. The topological polar surface area (TPSA) is 58.8 Å². The maximum Gasteiger partial charge on any atom is 0.191 e. The molecule has 5 nitrogen and oxygen atoms in total. The number of ether oxygens (including phenoxy) is 1. The second kappa shape index (κ2) is 10.2. The van der Waals surface area contributed by atoms with Gasteiger partial charge >= 0.3 is 0 Å². The lowest BCUT2D eigenvalue weighted by Gasteiger charge is -2.42. The minimum absolute atomic E-state index is 0.353. The summed E-state index contributed by atoms with van der Waals surface area (Å²) in [5, 5.41) is 7.03. The summed E-state index contributed by atoms with van der Waals surface area (Å²) in [7, 11) is 1.78. The van der Waals surface area contributed by atoms with E-state index in [0.717, 1.165) is 44.3 Å². The van der Waals surface area contributed by atoms with Crippen LogP contribution in [0.4, 0.5) is 0 Å². The fraction of sp³-hybridized carbons (Fsp3) is 0.500. The van der Waals surface area contributed by atoms with Gasteiger partial charge in [0.2, 0.25) is 0 Å². The number of benzene rings is 1. The van der Waals surface area contributed by atoms with E-state index in [-0.39, 0.29) is 0 Å². The molecule has 1 aromatic carbocycles. The molecule has 0 aliphatic heterocycles. The molecule has 0 unspecified atom stereocenters. The fourth-order valence-corrected chi connectivity index (χ4v) is 3.47. The Kier molecular flexibility index (Phi) is 7.34. The fourth-order valence-electron chi connectivity index (χ4n) is 3.47. The van der Waals surface area contributed by atoms with E-state index in [1.54, 1.807) is 13.4 Å². The van der Waals surface area contributed by atoms with E-state index < -0.39 is 0 Å². The van der Waals surface area contributed by atoms with Crippen molar-refractivity contribution in [3.8, 4) is 0 Å². The molecule has 1 aromatic heterocycles. The third-order valence-electron chi connectivity index (χ3n) is 5.39. The molecule has 0 atom stereocenters. The van der Waals surface area contributed by atoms with Crippen LogP contribution in [0.1, 0.15) is 37.0 Å². The van der Waals surface area contributed by atoms with Gasteiger partial charge in [0.15, 0.2) is 5.96 Å². The van der Waals surface area contributed by atoms with Gasteiger partial charge in [0.1, 0.15) is 5.76 Å².